The van der Waals surface area contributed by atoms with Crippen molar-refractivity contribution in [1.29, 1.82) is 0 Å². The van der Waals surface area contributed by atoms with Gasteiger partial charge in [0.05, 0.1) is 20.3 Å². The third-order valence-corrected chi connectivity index (χ3v) is 4.02. The minimum absolute atomic E-state index is 0.120. The number of hydrogen-bond donors (Lipinski definition) is 1. The highest BCUT2D eigenvalue weighted by Crippen LogP contribution is 2.36. The molecule has 1 aromatic carbocycles. The van der Waals surface area contributed by atoms with Gasteiger partial charge in [0.1, 0.15) is 11.5 Å². The zero-order valence-corrected chi connectivity index (χ0v) is 13.2. The minimum atomic E-state index is -0.120. The van der Waals surface area contributed by atoms with Gasteiger partial charge in [-0.25, -0.2) is 0 Å². The number of amides is 1. The molecule has 0 saturated carbocycles. The molecule has 0 spiro atoms. The van der Waals surface area contributed by atoms with Crippen LogP contribution in [0.3, 0.4) is 0 Å². The van der Waals surface area contributed by atoms with Gasteiger partial charge in [0.2, 0.25) is 5.91 Å². The van der Waals surface area contributed by atoms with Gasteiger partial charge in [-0.05, 0) is 36.9 Å². The smallest absolute Gasteiger partial charge is 0.239 e. The Kier molecular flexibility index (Phi) is 5.07. The lowest BCUT2D eigenvalue weighted by atomic mass is 9.85. The summed E-state index contributed by atoms with van der Waals surface area (Å²) in [7, 11) is 6.90. The van der Waals surface area contributed by atoms with Crippen LogP contribution in [0.15, 0.2) is 18.2 Å². The number of piperidine rings is 1. The molecule has 5 heteroatoms. The molecule has 21 heavy (non-hydrogen) atoms. The lowest BCUT2D eigenvalue weighted by Crippen LogP contribution is -2.47. The van der Waals surface area contributed by atoms with Crippen molar-refractivity contribution in [2.45, 2.75) is 24.8 Å². The van der Waals surface area contributed by atoms with E-state index >= 15 is 0 Å². The number of methoxy groups -OCH3 is 2. The van der Waals surface area contributed by atoms with E-state index in [2.05, 4.69) is 5.32 Å². The van der Waals surface area contributed by atoms with Crippen molar-refractivity contribution in [3.63, 3.8) is 0 Å². The SMILES string of the molecule is COc1ccc(C2CCNC(C(=O)N(C)C)C2)c(OC)c1. The van der Waals surface area contributed by atoms with Crippen molar-refractivity contribution in [3.05, 3.63) is 23.8 Å². The van der Waals surface area contributed by atoms with Crippen LogP contribution < -0.4 is 14.8 Å². The van der Waals surface area contributed by atoms with E-state index in [1.165, 1.54) is 0 Å². The van der Waals surface area contributed by atoms with Gasteiger partial charge in [0.15, 0.2) is 0 Å². The van der Waals surface area contributed by atoms with Crippen LogP contribution in [0.25, 0.3) is 0 Å². The monoisotopic (exact) mass is 292 g/mol. The fourth-order valence-corrected chi connectivity index (χ4v) is 2.86. The molecule has 116 valence electrons. The number of likely N-dealkylation sites (N-methyl/N-ethyl adjacent to an activating group) is 1. The van der Waals surface area contributed by atoms with Crippen molar-refractivity contribution in [2.24, 2.45) is 0 Å². The molecular weight excluding hydrogens is 268 g/mol. The summed E-state index contributed by atoms with van der Waals surface area (Å²) in [5.74, 6) is 2.07. The van der Waals surface area contributed by atoms with Crippen molar-refractivity contribution in [1.82, 2.24) is 10.2 Å². The van der Waals surface area contributed by atoms with Crippen LogP contribution in [-0.4, -0.2) is 51.7 Å². The van der Waals surface area contributed by atoms with Gasteiger partial charge < -0.3 is 19.7 Å². The highest BCUT2D eigenvalue weighted by molar-refractivity contribution is 5.81. The standard InChI is InChI=1S/C16H24N2O3/c1-18(2)16(19)14-9-11(7-8-17-14)13-6-5-12(20-3)10-15(13)21-4/h5-6,10-11,14,17H,7-9H2,1-4H3. The number of benzene rings is 1. The van der Waals surface area contributed by atoms with E-state index in [0.717, 1.165) is 36.4 Å². The summed E-state index contributed by atoms with van der Waals surface area (Å²) in [4.78, 5) is 13.8. The first-order valence-electron chi connectivity index (χ1n) is 7.23. The molecule has 1 aliphatic heterocycles. The third kappa shape index (κ3) is 3.47. The highest BCUT2D eigenvalue weighted by Gasteiger charge is 2.30. The van der Waals surface area contributed by atoms with E-state index in [1.807, 2.05) is 18.2 Å². The zero-order chi connectivity index (χ0) is 15.4. The number of hydrogen-bond acceptors (Lipinski definition) is 4. The van der Waals surface area contributed by atoms with Gasteiger partial charge in [-0.2, -0.15) is 0 Å². The average Bonchev–Trinajstić information content (AvgIpc) is 2.53. The summed E-state index contributed by atoms with van der Waals surface area (Å²) >= 11 is 0. The number of nitrogens with zero attached hydrogens (tertiary/aromatic N) is 1. The summed E-state index contributed by atoms with van der Waals surface area (Å²) < 4.78 is 10.7. The fraction of sp³-hybridized carbons (Fsp3) is 0.562. The maximum absolute atomic E-state index is 12.1. The first kappa shape index (κ1) is 15.6. The number of rotatable bonds is 4. The molecule has 2 atom stereocenters. The van der Waals surface area contributed by atoms with E-state index in [9.17, 15) is 4.79 Å². The van der Waals surface area contributed by atoms with Gasteiger partial charge in [-0.3, -0.25) is 4.79 Å². The number of ether oxygens (including phenoxy) is 2. The predicted octanol–water partition coefficient (Wildman–Crippen LogP) is 1.63. The molecular formula is C16H24N2O3. The molecule has 0 aliphatic carbocycles. The van der Waals surface area contributed by atoms with Crippen LogP contribution in [0.1, 0.15) is 24.3 Å². The normalized spacial score (nSPS) is 21.7. The van der Waals surface area contributed by atoms with Crippen LogP contribution in [0, 0.1) is 0 Å². The molecule has 5 nitrogen and oxygen atoms in total. The van der Waals surface area contributed by atoms with Gasteiger partial charge in [-0.1, -0.05) is 6.07 Å². The molecule has 1 aromatic rings. The molecule has 2 rings (SSSR count). The van der Waals surface area contributed by atoms with Gasteiger partial charge in [0.25, 0.3) is 0 Å². The first-order chi connectivity index (χ1) is 10.1. The second-order valence-electron chi connectivity index (χ2n) is 5.57. The summed E-state index contributed by atoms with van der Waals surface area (Å²) in [5.41, 5.74) is 1.15. The van der Waals surface area contributed by atoms with Crippen LogP contribution >= 0.6 is 0 Å². The Morgan fingerprint density at radius 1 is 1.29 bits per heavy atom. The van der Waals surface area contributed by atoms with E-state index < -0.39 is 0 Å². The second kappa shape index (κ2) is 6.80. The number of carbonyl (C=O) groups is 1. The third-order valence-electron chi connectivity index (χ3n) is 4.02. The van der Waals surface area contributed by atoms with E-state index in [-0.39, 0.29) is 11.9 Å². The largest absolute Gasteiger partial charge is 0.497 e. The molecule has 1 N–H and O–H groups in total. The molecule has 1 aliphatic rings. The summed E-state index contributed by atoms with van der Waals surface area (Å²) in [5, 5.41) is 3.30. The molecule has 1 fully saturated rings. The highest BCUT2D eigenvalue weighted by atomic mass is 16.5. The molecule has 0 radical (unpaired) electrons. The Labute approximate surface area is 126 Å². The Balaban J connectivity index is 2.19. The molecule has 0 aromatic heterocycles. The van der Waals surface area contributed by atoms with Crippen molar-refractivity contribution >= 4 is 5.91 Å². The molecule has 2 unspecified atom stereocenters. The molecule has 1 heterocycles. The maximum Gasteiger partial charge on any atom is 0.239 e. The predicted molar refractivity (Wildman–Crippen MR) is 82.0 cm³/mol. The molecule has 0 bridgehead atoms. The summed E-state index contributed by atoms with van der Waals surface area (Å²) in [6.07, 6.45) is 1.79. The second-order valence-corrected chi connectivity index (χ2v) is 5.57. The molecule has 1 saturated heterocycles. The van der Waals surface area contributed by atoms with Gasteiger partial charge in [0, 0.05) is 20.2 Å². The van der Waals surface area contributed by atoms with E-state index in [0.29, 0.717) is 5.92 Å². The van der Waals surface area contributed by atoms with Crippen LogP contribution in [-0.2, 0) is 4.79 Å². The minimum Gasteiger partial charge on any atom is -0.497 e. The maximum atomic E-state index is 12.1. The van der Waals surface area contributed by atoms with Crippen LogP contribution in [0.5, 0.6) is 11.5 Å². The Morgan fingerprint density at radius 3 is 2.67 bits per heavy atom. The Hall–Kier alpha value is -1.75. The van der Waals surface area contributed by atoms with Crippen molar-refractivity contribution in [2.75, 3.05) is 34.9 Å². The average molecular weight is 292 g/mol. The Morgan fingerprint density at radius 2 is 2.05 bits per heavy atom. The van der Waals surface area contributed by atoms with Gasteiger partial charge in [-0.15, -0.1) is 0 Å². The summed E-state index contributed by atoms with van der Waals surface area (Å²) in [6, 6.07) is 5.78. The Bertz CT molecular complexity index is 502. The van der Waals surface area contributed by atoms with Gasteiger partial charge >= 0.3 is 0 Å². The van der Waals surface area contributed by atoms with Crippen molar-refractivity contribution in [3.8, 4) is 11.5 Å². The topological polar surface area (TPSA) is 50.8 Å². The van der Waals surface area contributed by atoms with Crippen LogP contribution in [0.4, 0.5) is 0 Å². The number of nitrogens with one attached hydrogen (secondary N) is 1. The first-order valence-corrected chi connectivity index (χ1v) is 7.23. The number of carbonyl (C=O) groups excluding carboxylic acids is 1. The lowest BCUT2D eigenvalue weighted by molar-refractivity contribution is -0.131. The summed E-state index contributed by atoms with van der Waals surface area (Å²) in [6.45, 7) is 0.837. The zero-order valence-electron chi connectivity index (χ0n) is 13.2. The van der Waals surface area contributed by atoms with E-state index in [1.54, 1.807) is 33.2 Å². The quantitative estimate of drug-likeness (QED) is 0.916. The fourth-order valence-electron chi connectivity index (χ4n) is 2.86. The van der Waals surface area contributed by atoms with E-state index in [4.69, 9.17) is 9.47 Å². The lowest BCUT2D eigenvalue weighted by Gasteiger charge is -2.32. The van der Waals surface area contributed by atoms with Crippen LogP contribution in [0.2, 0.25) is 0 Å². The van der Waals surface area contributed by atoms with Crippen molar-refractivity contribution < 1.29 is 14.3 Å². The molecule has 1 amide bonds.